The molecule has 0 aliphatic carbocycles. The number of aromatic nitrogens is 2. The average Bonchev–Trinajstić information content (AvgIpc) is 2.73. The van der Waals surface area contributed by atoms with E-state index in [0.29, 0.717) is 6.04 Å². The number of hydrogen-bond donors (Lipinski definition) is 1. The molecule has 3 heteroatoms. The summed E-state index contributed by atoms with van der Waals surface area (Å²) in [5.74, 6) is 0. The fourth-order valence-electron chi connectivity index (χ4n) is 2.83. The van der Waals surface area contributed by atoms with E-state index >= 15 is 0 Å². The van der Waals surface area contributed by atoms with Crippen molar-refractivity contribution >= 4 is 23.3 Å². The van der Waals surface area contributed by atoms with Crippen LogP contribution in [0.3, 0.4) is 0 Å². The number of rotatable bonds is 6. The minimum atomic E-state index is 0.535. The van der Waals surface area contributed by atoms with Crippen molar-refractivity contribution in [1.82, 2.24) is 9.55 Å². The summed E-state index contributed by atoms with van der Waals surface area (Å²) in [6.45, 7) is 6.64. The highest BCUT2D eigenvalue weighted by Gasteiger charge is 2.15. The number of imidazole rings is 1. The topological polar surface area (TPSA) is 20.7 Å². The van der Waals surface area contributed by atoms with E-state index in [2.05, 4.69) is 48.5 Å². The lowest BCUT2D eigenvalue weighted by molar-refractivity contribution is 0.422. The first-order chi connectivity index (χ1) is 9.19. The molecule has 0 bridgehead atoms. The fraction of sp³-hybridized carbons (Fsp3) is 0.562. The largest absolute Gasteiger partial charge is 0.330 e. The molecular formula is C16H24N2S. The lowest BCUT2D eigenvalue weighted by Crippen LogP contribution is -2.09. The molecule has 0 spiro atoms. The van der Waals surface area contributed by atoms with Crippen molar-refractivity contribution in [2.45, 2.75) is 58.9 Å². The highest BCUT2D eigenvalue weighted by atomic mass is 32.1. The van der Waals surface area contributed by atoms with E-state index in [1.807, 2.05) is 0 Å². The van der Waals surface area contributed by atoms with Gasteiger partial charge in [0.1, 0.15) is 0 Å². The number of aryl methyl sites for hydroxylation is 1. The van der Waals surface area contributed by atoms with Gasteiger partial charge in [-0.05, 0) is 43.6 Å². The third-order valence-electron chi connectivity index (χ3n) is 3.84. The predicted octanol–water partition coefficient (Wildman–Crippen LogP) is 5.54. The second kappa shape index (κ2) is 6.38. The second-order valence-electron chi connectivity index (χ2n) is 5.35. The van der Waals surface area contributed by atoms with Crippen molar-refractivity contribution in [1.29, 1.82) is 0 Å². The number of aromatic amines is 1. The molecule has 2 nitrogen and oxygen atoms in total. The van der Waals surface area contributed by atoms with E-state index < -0.39 is 0 Å². The Balaban J connectivity index is 2.49. The SMILES string of the molecule is CCCCC(CCC)n1c(=S)[nH]c2c(C)cccc21. The number of unbranched alkanes of at least 4 members (excludes halogenated alkanes) is 1. The molecule has 0 aliphatic rings. The van der Waals surface area contributed by atoms with Gasteiger partial charge in [-0.2, -0.15) is 0 Å². The normalized spacial score (nSPS) is 13.0. The number of nitrogens with zero attached hydrogens (tertiary/aromatic N) is 1. The second-order valence-corrected chi connectivity index (χ2v) is 5.74. The van der Waals surface area contributed by atoms with Gasteiger partial charge in [-0.3, -0.25) is 0 Å². The van der Waals surface area contributed by atoms with E-state index in [9.17, 15) is 0 Å². The number of para-hydroxylation sites is 1. The van der Waals surface area contributed by atoms with E-state index in [-0.39, 0.29) is 0 Å². The molecule has 0 amide bonds. The van der Waals surface area contributed by atoms with E-state index in [4.69, 9.17) is 12.2 Å². The number of nitrogens with one attached hydrogen (secondary N) is 1. The molecule has 0 radical (unpaired) electrons. The molecule has 0 fully saturated rings. The van der Waals surface area contributed by atoms with Crippen LogP contribution in [0.5, 0.6) is 0 Å². The zero-order valence-electron chi connectivity index (χ0n) is 12.2. The molecule has 1 atom stereocenters. The fourth-order valence-corrected chi connectivity index (χ4v) is 3.18. The molecule has 0 saturated carbocycles. The monoisotopic (exact) mass is 276 g/mol. The highest BCUT2D eigenvalue weighted by molar-refractivity contribution is 7.71. The third-order valence-corrected chi connectivity index (χ3v) is 4.14. The number of hydrogen-bond acceptors (Lipinski definition) is 1. The Morgan fingerprint density at radius 1 is 1.21 bits per heavy atom. The molecule has 0 aliphatic heterocycles. The van der Waals surface area contributed by atoms with Gasteiger partial charge in [0.15, 0.2) is 4.77 Å². The maximum absolute atomic E-state index is 5.56. The molecule has 0 saturated heterocycles. The smallest absolute Gasteiger partial charge is 0.178 e. The number of benzene rings is 1. The van der Waals surface area contributed by atoms with Crippen LogP contribution in [-0.4, -0.2) is 9.55 Å². The molecule has 1 aromatic carbocycles. The van der Waals surface area contributed by atoms with Crippen LogP contribution in [0.15, 0.2) is 18.2 Å². The predicted molar refractivity (Wildman–Crippen MR) is 85.3 cm³/mol. The summed E-state index contributed by atoms with van der Waals surface area (Å²) in [4.78, 5) is 3.39. The molecule has 1 aromatic heterocycles. The number of H-pyrrole nitrogens is 1. The van der Waals surface area contributed by atoms with Crippen LogP contribution in [0, 0.1) is 11.7 Å². The zero-order chi connectivity index (χ0) is 13.8. The Morgan fingerprint density at radius 3 is 2.68 bits per heavy atom. The van der Waals surface area contributed by atoms with Gasteiger partial charge in [0.05, 0.1) is 11.0 Å². The Kier molecular flexibility index (Phi) is 4.81. The molecule has 19 heavy (non-hydrogen) atoms. The van der Waals surface area contributed by atoms with E-state index in [1.54, 1.807) is 0 Å². The van der Waals surface area contributed by atoms with Gasteiger partial charge < -0.3 is 9.55 Å². The van der Waals surface area contributed by atoms with Crippen LogP contribution >= 0.6 is 12.2 Å². The first-order valence-corrected chi connectivity index (χ1v) is 7.79. The summed E-state index contributed by atoms with van der Waals surface area (Å²) >= 11 is 5.56. The number of fused-ring (bicyclic) bond motifs is 1. The first kappa shape index (κ1) is 14.3. The Labute approximate surface area is 120 Å². The van der Waals surface area contributed by atoms with Crippen LogP contribution in [0.2, 0.25) is 0 Å². The Morgan fingerprint density at radius 2 is 2.00 bits per heavy atom. The maximum Gasteiger partial charge on any atom is 0.178 e. The standard InChI is InChI=1S/C16H24N2S/c1-4-6-10-13(8-5-2)18-14-11-7-9-12(3)15(14)17-16(18)19/h7,9,11,13H,4-6,8,10H2,1-3H3,(H,17,19). The Hall–Kier alpha value is -1.09. The molecule has 2 aromatic rings. The van der Waals surface area contributed by atoms with Gasteiger partial charge >= 0.3 is 0 Å². The molecule has 1 N–H and O–H groups in total. The average molecular weight is 276 g/mol. The summed E-state index contributed by atoms with van der Waals surface area (Å²) in [7, 11) is 0. The molecule has 104 valence electrons. The van der Waals surface area contributed by atoms with Gasteiger partial charge in [0.2, 0.25) is 0 Å². The Bertz CT molecular complexity index is 594. The van der Waals surface area contributed by atoms with Crippen LogP contribution in [0.1, 0.15) is 57.6 Å². The molecule has 1 heterocycles. The van der Waals surface area contributed by atoms with Crippen molar-refractivity contribution in [3.05, 3.63) is 28.5 Å². The summed E-state index contributed by atoms with van der Waals surface area (Å²) < 4.78 is 3.22. The molecule has 1 unspecified atom stereocenters. The van der Waals surface area contributed by atoms with Gasteiger partial charge in [-0.1, -0.05) is 45.2 Å². The van der Waals surface area contributed by atoms with Crippen molar-refractivity contribution in [3.63, 3.8) is 0 Å². The van der Waals surface area contributed by atoms with Gasteiger partial charge in [0.25, 0.3) is 0 Å². The summed E-state index contributed by atoms with van der Waals surface area (Å²) in [6, 6.07) is 6.98. The van der Waals surface area contributed by atoms with Crippen LogP contribution in [-0.2, 0) is 0 Å². The lowest BCUT2D eigenvalue weighted by Gasteiger charge is -2.19. The highest BCUT2D eigenvalue weighted by Crippen LogP contribution is 2.27. The van der Waals surface area contributed by atoms with Crippen LogP contribution in [0.4, 0.5) is 0 Å². The van der Waals surface area contributed by atoms with E-state index in [0.717, 1.165) is 4.77 Å². The lowest BCUT2D eigenvalue weighted by atomic mass is 10.0. The van der Waals surface area contributed by atoms with Crippen molar-refractivity contribution in [2.75, 3.05) is 0 Å². The van der Waals surface area contributed by atoms with E-state index in [1.165, 1.54) is 48.7 Å². The zero-order valence-corrected chi connectivity index (χ0v) is 13.0. The van der Waals surface area contributed by atoms with Gasteiger partial charge in [0, 0.05) is 6.04 Å². The molecule has 2 rings (SSSR count). The summed E-state index contributed by atoms with van der Waals surface area (Å²) in [5.41, 5.74) is 3.73. The minimum Gasteiger partial charge on any atom is -0.330 e. The van der Waals surface area contributed by atoms with Crippen molar-refractivity contribution in [2.24, 2.45) is 0 Å². The van der Waals surface area contributed by atoms with Crippen molar-refractivity contribution < 1.29 is 0 Å². The first-order valence-electron chi connectivity index (χ1n) is 7.38. The van der Waals surface area contributed by atoms with Crippen LogP contribution < -0.4 is 0 Å². The van der Waals surface area contributed by atoms with Crippen molar-refractivity contribution in [3.8, 4) is 0 Å². The van der Waals surface area contributed by atoms with Crippen LogP contribution in [0.25, 0.3) is 11.0 Å². The van der Waals surface area contributed by atoms with Gasteiger partial charge in [-0.25, -0.2) is 0 Å². The third kappa shape index (κ3) is 2.92. The minimum absolute atomic E-state index is 0.535. The van der Waals surface area contributed by atoms with Gasteiger partial charge in [-0.15, -0.1) is 0 Å². The summed E-state index contributed by atoms with van der Waals surface area (Å²) in [5, 5.41) is 0. The quantitative estimate of drug-likeness (QED) is 0.687. The maximum atomic E-state index is 5.56. The summed E-state index contributed by atoms with van der Waals surface area (Å²) in [6.07, 6.45) is 6.14. The molecular weight excluding hydrogens is 252 g/mol.